The number of aliphatic carboxylic acids is 1. The van der Waals surface area contributed by atoms with Crippen molar-refractivity contribution in [3.8, 4) is 0 Å². The number of para-hydroxylation sites is 1. The lowest BCUT2D eigenvalue weighted by molar-refractivity contribution is -0.383. The van der Waals surface area contributed by atoms with Crippen molar-refractivity contribution in [2.45, 2.75) is 13.3 Å². The summed E-state index contributed by atoms with van der Waals surface area (Å²) in [4.78, 5) is 35.1. The van der Waals surface area contributed by atoms with Gasteiger partial charge in [-0.1, -0.05) is 6.07 Å². The Hall–Kier alpha value is -2.64. The van der Waals surface area contributed by atoms with E-state index in [1.165, 1.54) is 23.1 Å². The number of carboxylic acid groups (broad SMARTS) is 1. The zero-order valence-electron chi connectivity index (χ0n) is 11.4. The molecule has 0 aliphatic carbocycles. The second-order valence-corrected chi connectivity index (χ2v) is 5.34. The zero-order chi connectivity index (χ0) is 15.8. The van der Waals surface area contributed by atoms with E-state index >= 15 is 0 Å². The number of hydrogen-bond acceptors (Lipinski definition) is 5. The van der Waals surface area contributed by atoms with Crippen LogP contribution in [0.1, 0.15) is 23.7 Å². The first-order valence-corrected chi connectivity index (χ1v) is 6.32. The number of anilines is 1. The first kappa shape index (κ1) is 14.8. The minimum atomic E-state index is -0.995. The van der Waals surface area contributed by atoms with Crippen molar-refractivity contribution in [3.05, 3.63) is 33.9 Å². The summed E-state index contributed by atoms with van der Waals surface area (Å²) >= 11 is 0. The zero-order valence-corrected chi connectivity index (χ0v) is 11.4. The van der Waals surface area contributed by atoms with Crippen LogP contribution in [-0.4, -0.2) is 39.9 Å². The van der Waals surface area contributed by atoms with Crippen molar-refractivity contribution in [3.63, 3.8) is 0 Å². The van der Waals surface area contributed by atoms with Gasteiger partial charge in [-0.15, -0.1) is 0 Å². The summed E-state index contributed by atoms with van der Waals surface area (Å²) < 4.78 is 0. The first-order valence-electron chi connectivity index (χ1n) is 6.32. The van der Waals surface area contributed by atoms with Crippen LogP contribution in [0.15, 0.2) is 18.2 Å². The van der Waals surface area contributed by atoms with E-state index in [2.05, 4.69) is 0 Å². The molecule has 0 radical (unpaired) electrons. The molecule has 1 heterocycles. The molecule has 1 aromatic carbocycles. The average molecular weight is 293 g/mol. The number of nitrogen functional groups attached to an aromatic ring is 1. The Bertz CT molecular complexity index is 630. The molecule has 3 N–H and O–H groups in total. The Kier molecular flexibility index (Phi) is 3.54. The van der Waals surface area contributed by atoms with Gasteiger partial charge < -0.3 is 15.7 Å². The molecule has 1 atom stereocenters. The molecule has 0 spiro atoms. The minimum absolute atomic E-state index is 0.0267. The maximum absolute atomic E-state index is 12.4. The predicted octanol–water partition coefficient (Wildman–Crippen LogP) is 1.11. The number of hydrogen-bond donors (Lipinski definition) is 2. The monoisotopic (exact) mass is 293 g/mol. The summed E-state index contributed by atoms with van der Waals surface area (Å²) in [7, 11) is 0. The van der Waals surface area contributed by atoms with Crippen molar-refractivity contribution in [2.24, 2.45) is 5.41 Å². The molecular formula is C13H15N3O5. The van der Waals surface area contributed by atoms with Crippen molar-refractivity contribution >= 4 is 23.3 Å². The van der Waals surface area contributed by atoms with E-state index in [9.17, 15) is 19.7 Å². The van der Waals surface area contributed by atoms with Crippen molar-refractivity contribution < 1.29 is 19.6 Å². The predicted molar refractivity (Wildman–Crippen MR) is 73.8 cm³/mol. The van der Waals surface area contributed by atoms with E-state index in [-0.39, 0.29) is 30.0 Å². The molecule has 0 saturated carbocycles. The number of nitro benzene ring substituents is 1. The minimum Gasteiger partial charge on any atom is -0.481 e. The number of nitrogens with zero attached hydrogens (tertiary/aromatic N) is 2. The highest BCUT2D eigenvalue weighted by Crippen LogP contribution is 2.33. The van der Waals surface area contributed by atoms with Crippen LogP contribution in [0.2, 0.25) is 0 Å². The molecule has 8 heteroatoms. The smallest absolute Gasteiger partial charge is 0.311 e. The molecule has 112 valence electrons. The van der Waals surface area contributed by atoms with Gasteiger partial charge in [0.2, 0.25) is 0 Å². The van der Waals surface area contributed by atoms with Gasteiger partial charge in [-0.3, -0.25) is 19.7 Å². The Balaban J connectivity index is 2.29. The summed E-state index contributed by atoms with van der Waals surface area (Å²) in [5.74, 6) is -1.45. The van der Waals surface area contributed by atoms with Gasteiger partial charge in [0.05, 0.1) is 15.9 Å². The van der Waals surface area contributed by atoms with Gasteiger partial charge in [0, 0.05) is 19.2 Å². The van der Waals surface area contributed by atoms with Gasteiger partial charge >= 0.3 is 5.97 Å². The van der Waals surface area contributed by atoms with E-state index in [4.69, 9.17) is 10.8 Å². The third kappa shape index (κ3) is 2.51. The molecule has 1 fully saturated rings. The molecule has 1 unspecified atom stereocenters. The average Bonchev–Trinajstić information content (AvgIpc) is 2.82. The Morgan fingerprint density at radius 1 is 1.48 bits per heavy atom. The summed E-state index contributed by atoms with van der Waals surface area (Å²) in [6.45, 7) is 1.91. The summed E-state index contributed by atoms with van der Waals surface area (Å²) in [5.41, 5.74) is 4.18. The fourth-order valence-electron chi connectivity index (χ4n) is 2.38. The summed E-state index contributed by atoms with van der Waals surface area (Å²) in [6, 6.07) is 4.01. The SMILES string of the molecule is CC1(C(=O)O)CCN(C(=O)c2cccc([N+](=O)[O-])c2N)C1. The maximum atomic E-state index is 12.4. The van der Waals surface area contributed by atoms with E-state index in [0.29, 0.717) is 6.42 Å². The number of benzene rings is 1. The summed E-state index contributed by atoms with van der Waals surface area (Å²) in [6.07, 6.45) is 0.336. The van der Waals surface area contributed by atoms with Gasteiger partial charge in [0.1, 0.15) is 5.69 Å². The number of nitrogens with two attached hydrogens (primary N) is 1. The molecule has 1 aliphatic rings. The lowest BCUT2D eigenvalue weighted by atomic mass is 9.90. The third-order valence-corrected chi connectivity index (χ3v) is 3.79. The summed E-state index contributed by atoms with van der Waals surface area (Å²) in [5, 5.41) is 20.0. The van der Waals surface area contributed by atoms with Crippen molar-refractivity contribution in [1.82, 2.24) is 4.90 Å². The van der Waals surface area contributed by atoms with Crippen LogP contribution < -0.4 is 5.73 Å². The van der Waals surface area contributed by atoms with Crippen LogP contribution in [0.5, 0.6) is 0 Å². The van der Waals surface area contributed by atoms with Gasteiger partial charge in [-0.2, -0.15) is 0 Å². The molecule has 1 saturated heterocycles. The number of likely N-dealkylation sites (tertiary alicyclic amines) is 1. The molecule has 1 aliphatic heterocycles. The molecule has 0 bridgehead atoms. The maximum Gasteiger partial charge on any atom is 0.311 e. The van der Waals surface area contributed by atoms with E-state index in [1.54, 1.807) is 6.92 Å². The molecule has 21 heavy (non-hydrogen) atoms. The number of carboxylic acids is 1. The standard InChI is InChI=1S/C13H15N3O5/c1-13(12(18)19)5-6-15(7-13)11(17)8-3-2-4-9(10(8)14)16(20)21/h2-4H,5-7,14H2,1H3,(H,18,19). The molecule has 1 amide bonds. The van der Waals surface area contributed by atoms with Crippen LogP contribution in [-0.2, 0) is 4.79 Å². The van der Waals surface area contributed by atoms with E-state index < -0.39 is 22.2 Å². The van der Waals surface area contributed by atoms with Crippen LogP contribution in [0.3, 0.4) is 0 Å². The highest BCUT2D eigenvalue weighted by molar-refractivity contribution is 6.01. The Morgan fingerprint density at radius 2 is 2.14 bits per heavy atom. The van der Waals surface area contributed by atoms with Gasteiger partial charge in [0.15, 0.2) is 0 Å². The lowest BCUT2D eigenvalue weighted by Crippen LogP contribution is -2.35. The number of rotatable bonds is 3. The lowest BCUT2D eigenvalue weighted by Gasteiger charge is -2.20. The van der Waals surface area contributed by atoms with Gasteiger partial charge in [-0.05, 0) is 19.4 Å². The van der Waals surface area contributed by atoms with E-state index in [0.717, 1.165) is 0 Å². The highest BCUT2D eigenvalue weighted by atomic mass is 16.6. The van der Waals surface area contributed by atoms with Crippen LogP contribution in [0.4, 0.5) is 11.4 Å². The van der Waals surface area contributed by atoms with Crippen molar-refractivity contribution in [2.75, 3.05) is 18.8 Å². The van der Waals surface area contributed by atoms with Crippen LogP contribution in [0.25, 0.3) is 0 Å². The first-order chi connectivity index (χ1) is 9.76. The fraction of sp³-hybridized carbons (Fsp3) is 0.385. The quantitative estimate of drug-likeness (QED) is 0.488. The molecule has 1 aromatic rings. The van der Waals surface area contributed by atoms with Crippen molar-refractivity contribution in [1.29, 1.82) is 0 Å². The van der Waals surface area contributed by atoms with Gasteiger partial charge in [-0.25, -0.2) is 0 Å². The second-order valence-electron chi connectivity index (χ2n) is 5.34. The highest BCUT2D eigenvalue weighted by Gasteiger charge is 2.42. The number of amides is 1. The Labute approximate surface area is 120 Å². The number of nitro groups is 1. The third-order valence-electron chi connectivity index (χ3n) is 3.79. The molecule has 8 nitrogen and oxygen atoms in total. The number of carbonyl (C=O) groups excluding carboxylic acids is 1. The molecular weight excluding hydrogens is 278 g/mol. The topological polar surface area (TPSA) is 127 Å². The molecule has 0 aromatic heterocycles. The van der Waals surface area contributed by atoms with E-state index in [1.807, 2.05) is 0 Å². The van der Waals surface area contributed by atoms with Gasteiger partial charge in [0.25, 0.3) is 11.6 Å². The fourth-order valence-corrected chi connectivity index (χ4v) is 2.38. The second kappa shape index (κ2) is 5.04. The normalized spacial score (nSPS) is 21.3. The van der Waals surface area contributed by atoms with Crippen LogP contribution in [0, 0.1) is 15.5 Å². The number of carbonyl (C=O) groups is 2. The van der Waals surface area contributed by atoms with Crippen LogP contribution >= 0.6 is 0 Å². The Morgan fingerprint density at radius 3 is 2.67 bits per heavy atom. The molecule has 2 rings (SSSR count). The largest absolute Gasteiger partial charge is 0.481 e.